The summed E-state index contributed by atoms with van der Waals surface area (Å²) in [5.41, 5.74) is 3.41. The average molecular weight is 284 g/mol. The van der Waals surface area contributed by atoms with Gasteiger partial charge in [0.2, 0.25) is 0 Å². The normalized spacial score (nSPS) is 17.3. The van der Waals surface area contributed by atoms with Crippen LogP contribution in [-0.4, -0.2) is 10.9 Å². The SMILES string of the molecule is O=C(Nc1ccc2c(c1)COC2)c1coc(C2CCC2)n1. The zero-order chi connectivity index (χ0) is 14.2. The number of hydrogen-bond donors (Lipinski definition) is 1. The Hall–Kier alpha value is -2.14. The Balaban J connectivity index is 1.48. The molecule has 1 fully saturated rings. The van der Waals surface area contributed by atoms with Gasteiger partial charge >= 0.3 is 0 Å². The molecule has 1 N–H and O–H groups in total. The van der Waals surface area contributed by atoms with Gasteiger partial charge in [-0.1, -0.05) is 12.5 Å². The van der Waals surface area contributed by atoms with Gasteiger partial charge in [0, 0.05) is 11.6 Å². The Morgan fingerprint density at radius 3 is 2.90 bits per heavy atom. The smallest absolute Gasteiger partial charge is 0.277 e. The number of benzene rings is 1. The van der Waals surface area contributed by atoms with Gasteiger partial charge in [-0.2, -0.15) is 0 Å². The van der Waals surface area contributed by atoms with Gasteiger partial charge in [-0.05, 0) is 36.1 Å². The van der Waals surface area contributed by atoms with E-state index in [1.807, 2.05) is 18.2 Å². The van der Waals surface area contributed by atoms with Gasteiger partial charge in [0.25, 0.3) is 5.91 Å². The Bertz CT molecular complexity index is 689. The minimum absolute atomic E-state index is 0.233. The highest BCUT2D eigenvalue weighted by Gasteiger charge is 2.25. The summed E-state index contributed by atoms with van der Waals surface area (Å²) in [6, 6.07) is 5.83. The van der Waals surface area contributed by atoms with Crippen molar-refractivity contribution in [3.63, 3.8) is 0 Å². The topological polar surface area (TPSA) is 64.4 Å². The summed E-state index contributed by atoms with van der Waals surface area (Å²) >= 11 is 0. The number of fused-ring (bicyclic) bond motifs is 1. The summed E-state index contributed by atoms with van der Waals surface area (Å²) in [7, 11) is 0. The van der Waals surface area contributed by atoms with Crippen molar-refractivity contribution < 1.29 is 13.9 Å². The van der Waals surface area contributed by atoms with E-state index in [0.717, 1.165) is 24.1 Å². The highest BCUT2D eigenvalue weighted by molar-refractivity contribution is 6.02. The number of carbonyl (C=O) groups is 1. The van der Waals surface area contributed by atoms with Crippen LogP contribution in [-0.2, 0) is 18.0 Å². The van der Waals surface area contributed by atoms with Crippen molar-refractivity contribution in [3.05, 3.63) is 47.2 Å². The van der Waals surface area contributed by atoms with Crippen LogP contribution in [0.3, 0.4) is 0 Å². The number of nitrogens with zero attached hydrogens (tertiary/aromatic N) is 1. The molecule has 1 amide bonds. The zero-order valence-electron chi connectivity index (χ0n) is 11.6. The molecule has 1 aromatic heterocycles. The maximum Gasteiger partial charge on any atom is 0.277 e. The van der Waals surface area contributed by atoms with Gasteiger partial charge in [-0.15, -0.1) is 0 Å². The molecular weight excluding hydrogens is 268 g/mol. The summed E-state index contributed by atoms with van der Waals surface area (Å²) in [5, 5.41) is 2.86. The molecule has 0 atom stereocenters. The minimum atomic E-state index is -0.233. The first-order valence-electron chi connectivity index (χ1n) is 7.26. The van der Waals surface area contributed by atoms with E-state index in [-0.39, 0.29) is 5.91 Å². The quantitative estimate of drug-likeness (QED) is 0.939. The fourth-order valence-electron chi connectivity index (χ4n) is 2.68. The standard InChI is InChI=1S/C16H16N2O3/c19-15(14-9-21-16(18-14)10-2-1-3-10)17-13-5-4-11-7-20-8-12(11)6-13/h4-6,9-10H,1-3,7-8H2,(H,17,19). The number of hydrogen-bond acceptors (Lipinski definition) is 4. The molecule has 0 saturated heterocycles. The molecule has 5 heteroatoms. The first kappa shape index (κ1) is 12.6. The largest absolute Gasteiger partial charge is 0.448 e. The van der Waals surface area contributed by atoms with Crippen LogP contribution in [0.4, 0.5) is 5.69 Å². The second-order valence-corrected chi connectivity index (χ2v) is 5.63. The Labute approximate surface area is 122 Å². The van der Waals surface area contributed by atoms with Crippen molar-refractivity contribution in [1.29, 1.82) is 0 Å². The van der Waals surface area contributed by atoms with Crippen LogP contribution in [0.5, 0.6) is 0 Å². The van der Waals surface area contributed by atoms with E-state index in [9.17, 15) is 4.79 Å². The van der Waals surface area contributed by atoms with Crippen LogP contribution >= 0.6 is 0 Å². The van der Waals surface area contributed by atoms with E-state index in [4.69, 9.17) is 9.15 Å². The average Bonchev–Trinajstić information content (AvgIpc) is 3.04. The number of oxazole rings is 1. The lowest BCUT2D eigenvalue weighted by Gasteiger charge is -2.21. The molecule has 108 valence electrons. The lowest BCUT2D eigenvalue weighted by atomic mass is 9.85. The molecule has 2 aliphatic rings. The summed E-state index contributed by atoms with van der Waals surface area (Å²) in [5.74, 6) is 0.848. The van der Waals surface area contributed by atoms with Crippen LogP contribution < -0.4 is 5.32 Å². The van der Waals surface area contributed by atoms with Gasteiger partial charge < -0.3 is 14.5 Å². The zero-order valence-corrected chi connectivity index (χ0v) is 11.6. The molecule has 0 radical (unpaired) electrons. The molecule has 2 aromatic rings. The molecule has 1 aliphatic carbocycles. The molecule has 0 unspecified atom stereocenters. The predicted octanol–water partition coefficient (Wildman–Crippen LogP) is 3.22. The number of aromatic nitrogens is 1. The highest BCUT2D eigenvalue weighted by Crippen LogP contribution is 2.35. The van der Waals surface area contributed by atoms with Gasteiger partial charge in [0.15, 0.2) is 11.6 Å². The first-order valence-corrected chi connectivity index (χ1v) is 7.26. The van der Waals surface area contributed by atoms with Gasteiger partial charge in [0.1, 0.15) is 6.26 Å². The summed E-state index contributed by atoms with van der Waals surface area (Å²) in [6.45, 7) is 1.26. The second-order valence-electron chi connectivity index (χ2n) is 5.63. The summed E-state index contributed by atoms with van der Waals surface area (Å²) in [6.07, 6.45) is 4.87. The van der Waals surface area contributed by atoms with Crippen molar-refractivity contribution in [1.82, 2.24) is 4.98 Å². The molecule has 1 saturated carbocycles. The van der Waals surface area contributed by atoms with Crippen LogP contribution in [0, 0.1) is 0 Å². The van der Waals surface area contributed by atoms with Crippen molar-refractivity contribution in [2.24, 2.45) is 0 Å². The number of anilines is 1. The van der Waals surface area contributed by atoms with E-state index in [0.29, 0.717) is 30.7 Å². The minimum Gasteiger partial charge on any atom is -0.448 e. The number of ether oxygens (including phenoxy) is 1. The number of carbonyl (C=O) groups excluding carboxylic acids is 1. The molecule has 21 heavy (non-hydrogen) atoms. The summed E-state index contributed by atoms with van der Waals surface area (Å²) in [4.78, 5) is 16.5. The lowest BCUT2D eigenvalue weighted by molar-refractivity contribution is 0.102. The molecule has 4 rings (SSSR count). The van der Waals surface area contributed by atoms with Crippen molar-refractivity contribution >= 4 is 11.6 Å². The van der Waals surface area contributed by atoms with E-state index in [1.54, 1.807) is 0 Å². The van der Waals surface area contributed by atoms with E-state index < -0.39 is 0 Å². The van der Waals surface area contributed by atoms with Crippen molar-refractivity contribution in [2.75, 3.05) is 5.32 Å². The van der Waals surface area contributed by atoms with Crippen LogP contribution in [0.15, 0.2) is 28.9 Å². The lowest BCUT2D eigenvalue weighted by Crippen LogP contribution is -2.14. The Kier molecular flexibility index (Phi) is 3.00. The van der Waals surface area contributed by atoms with Crippen LogP contribution in [0.2, 0.25) is 0 Å². The van der Waals surface area contributed by atoms with Crippen LogP contribution in [0.1, 0.15) is 52.7 Å². The van der Waals surface area contributed by atoms with Crippen molar-refractivity contribution in [3.8, 4) is 0 Å². The van der Waals surface area contributed by atoms with Crippen molar-refractivity contribution in [2.45, 2.75) is 38.4 Å². The maximum atomic E-state index is 12.2. The molecule has 0 spiro atoms. The third kappa shape index (κ3) is 2.34. The van der Waals surface area contributed by atoms with Gasteiger partial charge in [0.05, 0.1) is 13.2 Å². The third-order valence-corrected chi connectivity index (χ3v) is 4.19. The monoisotopic (exact) mass is 284 g/mol. The highest BCUT2D eigenvalue weighted by atomic mass is 16.5. The molecule has 2 heterocycles. The van der Waals surface area contributed by atoms with E-state index >= 15 is 0 Å². The van der Waals surface area contributed by atoms with E-state index in [2.05, 4.69) is 10.3 Å². The molecule has 1 aromatic carbocycles. The Morgan fingerprint density at radius 1 is 1.24 bits per heavy atom. The Morgan fingerprint density at radius 2 is 2.10 bits per heavy atom. The third-order valence-electron chi connectivity index (χ3n) is 4.19. The fraction of sp³-hybridized carbons (Fsp3) is 0.375. The van der Waals surface area contributed by atoms with E-state index in [1.165, 1.54) is 18.2 Å². The number of amides is 1. The summed E-state index contributed by atoms with van der Waals surface area (Å²) < 4.78 is 10.8. The molecule has 0 bridgehead atoms. The first-order chi connectivity index (χ1) is 10.3. The fourth-order valence-corrected chi connectivity index (χ4v) is 2.68. The molecule has 1 aliphatic heterocycles. The van der Waals surface area contributed by atoms with Crippen LogP contribution in [0.25, 0.3) is 0 Å². The van der Waals surface area contributed by atoms with Gasteiger partial charge in [-0.3, -0.25) is 4.79 Å². The molecular formula is C16H16N2O3. The van der Waals surface area contributed by atoms with Gasteiger partial charge in [-0.25, -0.2) is 4.98 Å². The predicted molar refractivity (Wildman–Crippen MR) is 76.0 cm³/mol. The molecule has 5 nitrogen and oxygen atoms in total. The number of nitrogens with one attached hydrogen (secondary N) is 1. The maximum absolute atomic E-state index is 12.2. The second kappa shape index (κ2) is 5.00. The number of rotatable bonds is 3.